The highest BCUT2D eigenvalue weighted by atomic mass is 19.1. The van der Waals surface area contributed by atoms with Gasteiger partial charge < -0.3 is 18.9 Å². The third-order valence-corrected chi connectivity index (χ3v) is 5.31. The van der Waals surface area contributed by atoms with E-state index in [1.54, 1.807) is 13.2 Å². The molecule has 0 bridgehead atoms. The highest BCUT2D eigenvalue weighted by molar-refractivity contribution is 5.80. The molecule has 3 aromatic rings. The van der Waals surface area contributed by atoms with Crippen LogP contribution in [0, 0.1) is 5.82 Å². The molecule has 0 radical (unpaired) electrons. The number of halogens is 1. The largest absolute Gasteiger partial charge is 0.491 e. The van der Waals surface area contributed by atoms with Crippen molar-refractivity contribution >= 4 is 16.7 Å². The molecule has 0 saturated carbocycles. The average Bonchev–Trinajstić information content (AvgIpc) is 3.15. The van der Waals surface area contributed by atoms with Crippen molar-refractivity contribution in [2.75, 3.05) is 31.7 Å². The van der Waals surface area contributed by atoms with E-state index in [9.17, 15) is 4.39 Å². The van der Waals surface area contributed by atoms with Crippen molar-refractivity contribution in [2.24, 2.45) is 0 Å². The number of ether oxygens (including phenoxy) is 2. The third kappa shape index (κ3) is 3.51. The topological polar surface area (TPSA) is 47.7 Å². The fraction of sp³-hybridized carbons (Fsp3) is 0.409. The first-order valence-corrected chi connectivity index (χ1v) is 9.80. The van der Waals surface area contributed by atoms with Gasteiger partial charge in [-0.2, -0.15) is 0 Å². The lowest BCUT2D eigenvalue weighted by Crippen LogP contribution is -2.33. The molecule has 4 rings (SSSR count). The molecular formula is C22H25FN2O3. The summed E-state index contributed by atoms with van der Waals surface area (Å²) in [5, 5.41) is 5.14. The second-order valence-corrected chi connectivity index (χ2v) is 7.13. The van der Waals surface area contributed by atoms with Crippen LogP contribution in [0.4, 0.5) is 10.1 Å². The van der Waals surface area contributed by atoms with Gasteiger partial charge in [-0.1, -0.05) is 18.1 Å². The second kappa shape index (κ2) is 8.09. The van der Waals surface area contributed by atoms with Crippen LogP contribution in [0.3, 0.4) is 0 Å². The highest BCUT2D eigenvalue weighted by Gasteiger charge is 2.27. The maximum absolute atomic E-state index is 13.4. The zero-order chi connectivity index (χ0) is 19.5. The molecule has 6 heteroatoms. The first kappa shape index (κ1) is 18.6. The Morgan fingerprint density at radius 3 is 2.79 bits per heavy atom. The number of rotatable bonds is 6. The number of benzene rings is 2. The van der Waals surface area contributed by atoms with Crippen molar-refractivity contribution < 1.29 is 18.4 Å². The minimum absolute atomic E-state index is 0.300. The van der Waals surface area contributed by atoms with Crippen molar-refractivity contribution in [1.82, 2.24) is 5.16 Å². The SMILES string of the molecule is CCCOc1cccc(N2CCC(c3noc4cc(F)ccc34)CC2)c1OC. The van der Waals surface area contributed by atoms with Crippen LogP contribution in [0.2, 0.25) is 0 Å². The molecule has 1 aliphatic heterocycles. The molecule has 148 valence electrons. The fourth-order valence-corrected chi connectivity index (χ4v) is 3.90. The van der Waals surface area contributed by atoms with E-state index < -0.39 is 0 Å². The first-order chi connectivity index (χ1) is 13.7. The Hall–Kier alpha value is -2.76. The predicted octanol–water partition coefficient (Wildman–Crippen LogP) is 5.15. The maximum atomic E-state index is 13.4. The van der Waals surface area contributed by atoms with Crippen LogP contribution in [0.1, 0.15) is 37.8 Å². The molecule has 1 aromatic heterocycles. The summed E-state index contributed by atoms with van der Waals surface area (Å²) in [4.78, 5) is 2.33. The maximum Gasteiger partial charge on any atom is 0.184 e. The van der Waals surface area contributed by atoms with Crippen LogP contribution in [-0.4, -0.2) is 32.0 Å². The molecule has 5 nitrogen and oxygen atoms in total. The number of methoxy groups -OCH3 is 1. The molecule has 0 spiro atoms. The van der Waals surface area contributed by atoms with Gasteiger partial charge >= 0.3 is 0 Å². The lowest BCUT2D eigenvalue weighted by atomic mass is 9.91. The standard InChI is InChI=1S/C22H25FN2O3/c1-3-13-27-19-6-4-5-18(22(19)26-2)25-11-9-15(10-12-25)21-17-8-7-16(23)14-20(17)28-24-21/h4-8,14-15H,3,9-13H2,1-2H3. The van der Waals surface area contributed by atoms with E-state index >= 15 is 0 Å². The van der Waals surface area contributed by atoms with Gasteiger partial charge in [0.15, 0.2) is 17.1 Å². The molecule has 1 fully saturated rings. The van der Waals surface area contributed by atoms with Crippen LogP contribution >= 0.6 is 0 Å². The molecule has 0 amide bonds. The van der Waals surface area contributed by atoms with E-state index in [0.717, 1.165) is 60.6 Å². The number of nitrogens with zero attached hydrogens (tertiary/aromatic N) is 2. The Bertz CT molecular complexity index is 948. The number of anilines is 1. The number of hydrogen-bond donors (Lipinski definition) is 0. The van der Waals surface area contributed by atoms with Crippen molar-refractivity contribution in [3.63, 3.8) is 0 Å². The van der Waals surface area contributed by atoms with Crippen LogP contribution in [-0.2, 0) is 0 Å². The smallest absolute Gasteiger partial charge is 0.184 e. The molecule has 0 aliphatic carbocycles. The summed E-state index contributed by atoms with van der Waals surface area (Å²) in [7, 11) is 1.69. The number of piperidine rings is 1. The molecule has 1 aliphatic rings. The van der Waals surface area contributed by atoms with Gasteiger partial charge in [0.05, 0.1) is 25.1 Å². The minimum atomic E-state index is -0.303. The van der Waals surface area contributed by atoms with Crippen molar-refractivity contribution in [3.8, 4) is 11.5 Å². The first-order valence-electron chi connectivity index (χ1n) is 9.80. The quantitative estimate of drug-likeness (QED) is 0.588. The number of hydrogen-bond acceptors (Lipinski definition) is 5. The molecular weight excluding hydrogens is 359 g/mol. The van der Waals surface area contributed by atoms with Crippen molar-refractivity contribution in [3.05, 3.63) is 47.9 Å². The summed E-state index contributed by atoms with van der Waals surface area (Å²) in [6.45, 7) is 4.52. The molecule has 28 heavy (non-hydrogen) atoms. The van der Waals surface area contributed by atoms with E-state index in [-0.39, 0.29) is 5.82 Å². The fourth-order valence-electron chi connectivity index (χ4n) is 3.90. The van der Waals surface area contributed by atoms with E-state index in [4.69, 9.17) is 14.0 Å². The van der Waals surface area contributed by atoms with Crippen LogP contribution in [0.5, 0.6) is 11.5 Å². The zero-order valence-corrected chi connectivity index (χ0v) is 16.3. The Kier molecular flexibility index (Phi) is 5.37. The monoisotopic (exact) mass is 384 g/mol. The third-order valence-electron chi connectivity index (χ3n) is 5.31. The Balaban J connectivity index is 1.51. The predicted molar refractivity (Wildman–Crippen MR) is 107 cm³/mol. The summed E-state index contributed by atoms with van der Waals surface area (Å²) in [6.07, 6.45) is 2.85. The summed E-state index contributed by atoms with van der Waals surface area (Å²) in [5.74, 6) is 1.57. The van der Waals surface area contributed by atoms with Gasteiger partial charge in [-0.05, 0) is 43.5 Å². The van der Waals surface area contributed by atoms with Gasteiger partial charge in [0, 0.05) is 30.5 Å². The number of para-hydroxylation sites is 1. The van der Waals surface area contributed by atoms with Crippen molar-refractivity contribution in [2.45, 2.75) is 32.1 Å². The summed E-state index contributed by atoms with van der Waals surface area (Å²) in [6, 6.07) is 10.7. The van der Waals surface area contributed by atoms with Gasteiger partial charge in [0.1, 0.15) is 5.82 Å². The lowest BCUT2D eigenvalue weighted by Gasteiger charge is -2.34. The Morgan fingerprint density at radius 1 is 1.21 bits per heavy atom. The molecule has 0 unspecified atom stereocenters. The summed E-state index contributed by atoms with van der Waals surface area (Å²) < 4.78 is 30.2. The molecule has 0 N–H and O–H groups in total. The second-order valence-electron chi connectivity index (χ2n) is 7.13. The van der Waals surface area contributed by atoms with E-state index in [1.165, 1.54) is 12.1 Å². The van der Waals surface area contributed by atoms with Gasteiger partial charge in [0.25, 0.3) is 0 Å². The molecule has 2 aromatic carbocycles. The summed E-state index contributed by atoms with van der Waals surface area (Å²) >= 11 is 0. The lowest BCUT2D eigenvalue weighted by molar-refractivity contribution is 0.294. The van der Waals surface area contributed by atoms with Gasteiger partial charge in [-0.3, -0.25) is 0 Å². The minimum Gasteiger partial charge on any atom is -0.491 e. The molecule has 1 saturated heterocycles. The normalized spacial score (nSPS) is 15.2. The van der Waals surface area contributed by atoms with E-state index in [1.807, 2.05) is 12.1 Å². The van der Waals surface area contributed by atoms with Crippen LogP contribution in [0.15, 0.2) is 40.9 Å². The number of aromatic nitrogens is 1. The average molecular weight is 384 g/mol. The van der Waals surface area contributed by atoms with Crippen molar-refractivity contribution in [1.29, 1.82) is 0 Å². The van der Waals surface area contributed by atoms with Gasteiger partial charge in [0.2, 0.25) is 0 Å². The highest BCUT2D eigenvalue weighted by Crippen LogP contribution is 2.41. The Labute approximate surface area is 164 Å². The van der Waals surface area contributed by atoms with Crippen LogP contribution in [0.25, 0.3) is 11.0 Å². The Morgan fingerprint density at radius 2 is 2.04 bits per heavy atom. The van der Waals surface area contributed by atoms with Gasteiger partial charge in [-0.15, -0.1) is 0 Å². The molecule has 0 atom stereocenters. The summed E-state index contributed by atoms with van der Waals surface area (Å²) in [5.41, 5.74) is 2.50. The van der Waals surface area contributed by atoms with E-state index in [0.29, 0.717) is 18.1 Å². The molecule has 2 heterocycles. The van der Waals surface area contributed by atoms with Gasteiger partial charge in [-0.25, -0.2) is 4.39 Å². The van der Waals surface area contributed by atoms with E-state index in [2.05, 4.69) is 23.0 Å². The zero-order valence-electron chi connectivity index (χ0n) is 16.3. The van der Waals surface area contributed by atoms with Crippen LogP contribution < -0.4 is 14.4 Å². The number of fused-ring (bicyclic) bond motifs is 1.